The van der Waals surface area contributed by atoms with Gasteiger partial charge in [-0.25, -0.2) is 0 Å². The van der Waals surface area contributed by atoms with Gasteiger partial charge in [0.2, 0.25) is 5.91 Å². The Morgan fingerprint density at radius 2 is 1.89 bits per heavy atom. The van der Waals surface area contributed by atoms with Crippen molar-refractivity contribution in [3.63, 3.8) is 0 Å². The normalized spacial score (nSPS) is 20.2. The van der Waals surface area contributed by atoms with Crippen LogP contribution < -0.4 is 5.73 Å². The summed E-state index contributed by atoms with van der Waals surface area (Å²) in [5.74, 6) is 0.664. The molecule has 0 bridgehead atoms. The van der Waals surface area contributed by atoms with Crippen LogP contribution >= 0.6 is 0 Å². The molecule has 0 aromatic rings. The number of nitrogens with two attached hydrogens (primary N) is 1. The summed E-state index contributed by atoms with van der Waals surface area (Å²) in [5, 5.41) is 11.9. The Hall–Kier alpha value is -1.26. The van der Waals surface area contributed by atoms with Crippen molar-refractivity contribution in [3.8, 4) is 0 Å². The van der Waals surface area contributed by atoms with Gasteiger partial charge in [-0.15, -0.1) is 0 Å². The number of amidine groups is 1. The second-order valence-electron chi connectivity index (χ2n) is 5.38. The molecule has 0 aliphatic carbocycles. The molecule has 1 aliphatic rings. The summed E-state index contributed by atoms with van der Waals surface area (Å²) in [6.07, 6.45) is 3.30. The van der Waals surface area contributed by atoms with Crippen molar-refractivity contribution in [2.75, 3.05) is 13.1 Å². The van der Waals surface area contributed by atoms with E-state index in [1.54, 1.807) is 0 Å². The molecule has 0 radical (unpaired) electrons. The fraction of sp³-hybridized carbons (Fsp3) is 0.846. The minimum atomic E-state index is -0.278. The van der Waals surface area contributed by atoms with Crippen LogP contribution in [-0.2, 0) is 4.79 Å². The van der Waals surface area contributed by atoms with Gasteiger partial charge < -0.3 is 15.8 Å². The van der Waals surface area contributed by atoms with Crippen molar-refractivity contribution in [2.24, 2.45) is 22.2 Å². The minimum Gasteiger partial charge on any atom is -0.409 e. The van der Waals surface area contributed by atoms with Gasteiger partial charge in [-0.1, -0.05) is 25.9 Å². The van der Waals surface area contributed by atoms with E-state index in [9.17, 15) is 4.79 Å². The first-order valence-corrected chi connectivity index (χ1v) is 6.75. The van der Waals surface area contributed by atoms with Crippen LogP contribution in [0.1, 0.15) is 46.5 Å². The van der Waals surface area contributed by atoms with E-state index in [1.165, 1.54) is 0 Å². The summed E-state index contributed by atoms with van der Waals surface area (Å²) >= 11 is 0. The van der Waals surface area contributed by atoms with Gasteiger partial charge in [0.1, 0.15) is 5.84 Å². The number of hydrogen-bond donors (Lipinski definition) is 2. The molecule has 0 aromatic carbocycles. The van der Waals surface area contributed by atoms with E-state index in [-0.39, 0.29) is 23.1 Å². The van der Waals surface area contributed by atoms with Crippen molar-refractivity contribution < 1.29 is 10.0 Å². The number of oxime groups is 1. The average Bonchev–Trinajstić information content (AvgIpc) is 2.39. The Labute approximate surface area is 109 Å². The summed E-state index contributed by atoms with van der Waals surface area (Å²) in [5.41, 5.74) is 5.43. The minimum absolute atomic E-state index is 0.137. The van der Waals surface area contributed by atoms with E-state index in [2.05, 4.69) is 19.0 Å². The van der Waals surface area contributed by atoms with Crippen LogP contribution in [0, 0.1) is 11.3 Å². The van der Waals surface area contributed by atoms with Crippen molar-refractivity contribution in [3.05, 3.63) is 0 Å². The number of amides is 1. The number of rotatable bonds is 4. The highest BCUT2D eigenvalue weighted by molar-refractivity contribution is 5.86. The Balaban J connectivity index is 2.61. The average molecular weight is 255 g/mol. The van der Waals surface area contributed by atoms with Crippen LogP contribution in [0.4, 0.5) is 0 Å². The first-order valence-electron chi connectivity index (χ1n) is 6.75. The molecule has 0 spiro atoms. The van der Waals surface area contributed by atoms with Crippen LogP contribution in [0.5, 0.6) is 0 Å². The fourth-order valence-electron chi connectivity index (χ4n) is 2.49. The smallest absolute Gasteiger partial charge is 0.225 e. The molecule has 1 rings (SSSR count). The molecule has 0 unspecified atom stereocenters. The summed E-state index contributed by atoms with van der Waals surface area (Å²) in [6.45, 7) is 7.48. The van der Waals surface area contributed by atoms with Gasteiger partial charge in [-0.05, 0) is 25.7 Å². The largest absolute Gasteiger partial charge is 0.409 e. The quantitative estimate of drug-likeness (QED) is 0.348. The highest BCUT2D eigenvalue weighted by atomic mass is 16.4. The van der Waals surface area contributed by atoms with Crippen LogP contribution in [-0.4, -0.2) is 34.9 Å². The number of nitrogens with zero attached hydrogens (tertiary/aromatic N) is 2. The molecule has 1 heterocycles. The van der Waals surface area contributed by atoms with E-state index >= 15 is 0 Å². The molecular formula is C13H25N3O2. The van der Waals surface area contributed by atoms with E-state index in [0.29, 0.717) is 13.1 Å². The maximum Gasteiger partial charge on any atom is 0.225 e. The summed E-state index contributed by atoms with van der Waals surface area (Å²) in [7, 11) is 0. The maximum absolute atomic E-state index is 12.2. The molecule has 3 N–H and O–H groups in total. The third kappa shape index (κ3) is 2.94. The predicted molar refractivity (Wildman–Crippen MR) is 71.4 cm³/mol. The number of piperidine rings is 1. The highest BCUT2D eigenvalue weighted by Crippen LogP contribution is 2.31. The molecule has 1 amide bonds. The summed E-state index contributed by atoms with van der Waals surface area (Å²) < 4.78 is 0. The maximum atomic E-state index is 12.2. The zero-order chi connectivity index (χ0) is 13.8. The molecule has 5 heteroatoms. The van der Waals surface area contributed by atoms with E-state index in [4.69, 9.17) is 10.9 Å². The highest BCUT2D eigenvalue weighted by Gasteiger charge is 2.36. The van der Waals surface area contributed by atoms with Crippen molar-refractivity contribution in [1.82, 2.24) is 4.90 Å². The molecule has 5 nitrogen and oxygen atoms in total. The van der Waals surface area contributed by atoms with Crippen LogP contribution in [0.15, 0.2) is 5.16 Å². The Bertz CT molecular complexity index is 316. The van der Waals surface area contributed by atoms with Gasteiger partial charge >= 0.3 is 0 Å². The van der Waals surface area contributed by atoms with Gasteiger partial charge in [0.15, 0.2) is 0 Å². The Morgan fingerprint density at radius 3 is 2.28 bits per heavy atom. The molecular weight excluding hydrogens is 230 g/mol. The SMILES string of the molecule is CCC(CC)C(=O)N1CCC(C)(C(N)=NO)CC1. The molecule has 0 saturated carbocycles. The van der Waals surface area contributed by atoms with Crippen LogP contribution in [0.3, 0.4) is 0 Å². The number of carbonyl (C=O) groups is 1. The number of hydrogen-bond acceptors (Lipinski definition) is 3. The first kappa shape index (κ1) is 14.8. The summed E-state index contributed by atoms with van der Waals surface area (Å²) in [6, 6.07) is 0. The number of carbonyl (C=O) groups excluding carboxylic acids is 1. The van der Waals surface area contributed by atoms with Gasteiger partial charge in [0.25, 0.3) is 0 Å². The lowest BCUT2D eigenvalue weighted by atomic mass is 9.79. The monoisotopic (exact) mass is 255 g/mol. The molecule has 104 valence electrons. The van der Waals surface area contributed by atoms with Crippen molar-refractivity contribution in [2.45, 2.75) is 46.5 Å². The van der Waals surface area contributed by atoms with Crippen LogP contribution in [0.25, 0.3) is 0 Å². The third-order valence-electron chi connectivity index (χ3n) is 4.24. The van der Waals surface area contributed by atoms with Gasteiger partial charge in [-0.2, -0.15) is 0 Å². The topological polar surface area (TPSA) is 78.9 Å². The van der Waals surface area contributed by atoms with Gasteiger partial charge in [0.05, 0.1) is 0 Å². The van der Waals surface area contributed by atoms with Gasteiger partial charge in [-0.3, -0.25) is 4.79 Å². The van der Waals surface area contributed by atoms with Crippen LogP contribution in [0.2, 0.25) is 0 Å². The lowest BCUT2D eigenvalue weighted by Crippen LogP contribution is -2.48. The molecule has 1 fully saturated rings. The molecule has 0 aromatic heterocycles. The Kier molecular flexibility index (Phi) is 4.99. The fourth-order valence-corrected chi connectivity index (χ4v) is 2.49. The lowest BCUT2D eigenvalue weighted by molar-refractivity contribution is -0.137. The van der Waals surface area contributed by atoms with Gasteiger partial charge in [0, 0.05) is 24.4 Å². The number of likely N-dealkylation sites (tertiary alicyclic amines) is 1. The molecule has 0 atom stereocenters. The third-order valence-corrected chi connectivity index (χ3v) is 4.24. The lowest BCUT2D eigenvalue weighted by Gasteiger charge is -2.39. The van der Waals surface area contributed by atoms with E-state index in [1.807, 2.05) is 11.8 Å². The van der Waals surface area contributed by atoms with Crippen molar-refractivity contribution in [1.29, 1.82) is 0 Å². The second-order valence-corrected chi connectivity index (χ2v) is 5.38. The molecule has 18 heavy (non-hydrogen) atoms. The predicted octanol–water partition coefficient (Wildman–Crippen LogP) is 1.80. The van der Waals surface area contributed by atoms with Crippen molar-refractivity contribution >= 4 is 11.7 Å². The molecule has 1 aliphatic heterocycles. The molecule has 1 saturated heterocycles. The Morgan fingerprint density at radius 1 is 1.39 bits per heavy atom. The zero-order valence-corrected chi connectivity index (χ0v) is 11.6. The van der Waals surface area contributed by atoms with E-state index in [0.717, 1.165) is 25.7 Å². The summed E-state index contributed by atoms with van der Waals surface area (Å²) in [4.78, 5) is 14.1. The second kappa shape index (κ2) is 6.07. The van der Waals surface area contributed by atoms with E-state index < -0.39 is 0 Å². The standard InChI is InChI=1S/C13H25N3O2/c1-4-10(5-2)11(17)16-8-6-13(3,7-9-16)12(14)15-18/h10,18H,4-9H2,1-3H3,(H2,14,15). The first-order chi connectivity index (χ1) is 8.48. The zero-order valence-electron chi connectivity index (χ0n) is 11.6.